The van der Waals surface area contributed by atoms with Crippen LogP contribution in [0.5, 0.6) is 0 Å². The van der Waals surface area contributed by atoms with Gasteiger partial charge in [-0.05, 0) is 19.9 Å². The summed E-state index contributed by atoms with van der Waals surface area (Å²) >= 11 is 0. The van der Waals surface area contributed by atoms with Crippen LogP contribution in [-0.2, 0) is 18.3 Å². The van der Waals surface area contributed by atoms with Crippen molar-refractivity contribution < 1.29 is 4.74 Å². The summed E-state index contributed by atoms with van der Waals surface area (Å²) in [5, 5.41) is 10.6. The van der Waals surface area contributed by atoms with E-state index >= 15 is 0 Å². The fourth-order valence-electron chi connectivity index (χ4n) is 1.34. The molecule has 0 aromatic carbocycles. The van der Waals surface area contributed by atoms with Gasteiger partial charge in [0.15, 0.2) is 5.96 Å². The van der Waals surface area contributed by atoms with Crippen LogP contribution < -0.4 is 10.6 Å². The van der Waals surface area contributed by atoms with E-state index in [1.165, 1.54) is 0 Å². The topological polar surface area (TPSA) is 63.5 Å². The first-order valence-electron chi connectivity index (χ1n) is 5.95. The average Bonchev–Trinajstić information content (AvgIpc) is 2.75. The number of aliphatic imine (C=N–C) groups is 1. The third kappa shape index (κ3) is 6.24. The number of nitrogens with one attached hydrogen (secondary N) is 2. The lowest BCUT2D eigenvalue weighted by Gasteiger charge is -2.24. The van der Waals surface area contributed by atoms with Gasteiger partial charge in [0, 0.05) is 33.9 Å². The first-order valence-corrected chi connectivity index (χ1v) is 5.95. The molecule has 0 aliphatic rings. The van der Waals surface area contributed by atoms with Crippen molar-refractivity contribution in [3.05, 3.63) is 18.0 Å². The lowest BCUT2D eigenvalue weighted by atomic mass is 10.1. The maximum atomic E-state index is 5.34. The summed E-state index contributed by atoms with van der Waals surface area (Å²) < 4.78 is 7.18. The van der Waals surface area contributed by atoms with Crippen LogP contribution >= 0.6 is 24.0 Å². The van der Waals surface area contributed by atoms with Crippen molar-refractivity contribution in [2.75, 3.05) is 20.7 Å². The van der Waals surface area contributed by atoms with Crippen molar-refractivity contribution in [3.8, 4) is 0 Å². The number of hydrogen-bond donors (Lipinski definition) is 2. The number of ether oxygens (including phenoxy) is 1. The molecule has 0 spiro atoms. The molecule has 110 valence electrons. The van der Waals surface area contributed by atoms with Gasteiger partial charge < -0.3 is 15.4 Å². The highest BCUT2D eigenvalue weighted by atomic mass is 127. The Morgan fingerprint density at radius 2 is 2.16 bits per heavy atom. The van der Waals surface area contributed by atoms with Gasteiger partial charge in [-0.15, -0.1) is 24.0 Å². The first-order chi connectivity index (χ1) is 8.48. The Morgan fingerprint density at radius 3 is 2.63 bits per heavy atom. The van der Waals surface area contributed by atoms with Gasteiger partial charge in [-0.3, -0.25) is 9.67 Å². The van der Waals surface area contributed by atoms with E-state index < -0.39 is 0 Å². The quantitative estimate of drug-likeness (QED) is 0.456. The van der Waals surface area contributed by atoms with Crippen molar-refractivity contribution in [1.29, 1.82) is 0 Å². The predicted octanol–water partition coefficient (Wildman–Crippen LogP) is 1.13. The summed E-state index contributed by atoms with van der Waals surface area (Å²) in [7, 11) is 5.37. The number of aromatic nitrogens is 2. The summed E-state index contributed by atoms with van der Waals surface area (Å²) in [4.78, 5) is 4.16. The van der Waals surface area contributed by atoms with Crippen LogP contribution in [0.15, 0.2) is 17.3 Å². The molecule has 6 nitrogen and oxygen atoms in total. The van der Waals surface area contributed by atoms with Crippen LogP contribution in [-0.4, -0.2) is 42.0 Å². The van der Waals surface area contributed by atoms with E-state index in [0.717, 1.165) is 11.7 Å². The van der Waals surface area contributed by atoms with E-state index in [4.69, 9.17) is 4.74 Å². The molecule has 0 aliphatic heterocycles. The SMILES string of the molecule is CN=C(NCc1ccnn1C)NCC(C)(C)OC.I. The van der Waals surface area contributed by atoms with Crippen LogP contribution in [0.4, 0.5) is 0 Å². The van der Waals surface area contributed by atoms with Crippen LogP contribution in [0.25, 0.3) is 0 Å². The summed E-state index contributed by atoms with van der Waals surface area (Å²) in [5.74, 6) is 0.751. The maximum absolute atomic E-state index is 5.34. The minimum absolute atomic E-state index is 0. The van der Waals surface area contributed by atoms with Gasteiger partial charge in [0.1, 0.15) is 0 Å². The number of nitrogens with zero attached hydrogens (tertiary/aromatic N) is 3. The number of aryl methyl sites for hydroxylation is 1. The second kappa shape index (κ2) is 8.36. The highest BCUT2D eigenvalue weighted by Crippen LogP contribution is 2.04. The second-order valence-electron chi connectivity index (χ2n) is 4.69. The van der Waals surface area contributed by atoms with E-state index in [9.17, 15) is 0 Å². The Kier molecular flexibility index (Phi) is 8.00. The number of methoxy groups -OCH3 is 1. The molecule has 0 amide bonds. The number of rotatable bonds is 5. The van der Waals surface area contributed by atoms with Gasteiger partial charge in [-0.1, -0.05) is 0 Å². The van der Waals surface area contributed by atoms with Crippen molar-refractivity contribution >= 4 is 29.9 Å². The molecular formula is C12H24IN5O. The van der Waals surface area contributed by atoms with Crippen LogP contribution in [0, 0.1) is 0 Å². The number of guanidine groups is 1. The van der Waals surface area contributed by atoms with Crippen molar-refractivity contribution in [1.82, 2.24) is 20.4 Å². The van der Waals surface area contributed by atoms with Crippen LogP contribution in [0.2, 0.25) is 0 Å². The zero-order valence-electron chi connectivity index (χ0n) is 12.2. The molecule has 0 saturated carbocycles. The largest absolute Gasteiger partial charge is 0.377 e. The molecule has 19 heavy (non-hydrogen) atoms. The van der Waals surface area contributed by atoms with Crippen LogP contribution in [0.3, 0.4) is 0 Å². The highest BCUT2D eigenvalue weighted by molar-refractivity contribution is 14.0. The van der Waals surface area contributed by atoms with E-state index in [0.29, 0.717) is 13.1 Å². The Morgan fingerprint density at radius 1 is 1.47 bits per heavy atom. The normalized spacial score (nSPS) is 11.9. The molecule has 0 aliphatic carbocycles. The molecule has 7 heteroatoms. The molecule has 0 atom stereocenters. The Hall–Kier alpha value is -0.830. The molecule has 0 fully saturated rings. The fourth-order valence-corrected chi connectivity index (χ4v) is 1.34. The van der Waals surface area contributed by atoms with Gasteiger partial charge in [0.2, 0.25) is 0 Å². The van der Waals surface area contributed by atoms with E-state index in [2.05, 4.69) is 20.7 Å². The standard InChI is InChI=1S/C12H23N5O.HI/c1-12(2,18-5)9-15-11(13-3)14-8-10-6-7-16-17(10)4;/h6-7H,8-9H2,1-5H3,(H2,13,14,15);1H. The predicted molar refractivity (Wildman–Crippen MR) is 87.9 cm³/mol. The summed E-state index contributed by atoms with van der Waals surface area (Å²) in [5.41, 5.74) is 0.883. The molecule has 0 unspecified atom stereocenters. The summed E-state index contributed by atoms with van der Waals surface area (Å²) in [6.07, 6.45) is 1.78. The van der Waals surface area contributed by atoms with E-state index in [1.807, 2.05) is 31.6 Å². The molecule has 1 heterocycles. The van der Waals surface area contributed by atoms with Gasteiger partial charge in [0.05, 0.1) is 17.8 Å². The fraction of sp³-hybridized carbons (Fsp3) is 0.667. The summed E-state index contributed by atoms with van der Waals surface area (Å²) in [6, 6.07) is 1.97. The molecule has 0 radical (unpaired) electrons. The zero-order chi connectivity index (χ0) is 13.6. The molecule has 2 N–H and O–H groups in total. The lowest BCUT2D eigenvalue weighted by molar-refractivity contribution is 0.0268. The second-order valence-corrected chi connectivity index (χ2v) is 4.69. The van der Waals surface area contributed by atoms with E-state index in [-0.39, 0.29) is 29.6 Å². The number of hydrogen-bond acceptors (Lipinski definition) is 3. The Balaban J connectivity index is 0.00000324. The molecule has 1 aromatic heterocycles. The molecule has 0 saturated heterocycles. The summed E-state index contributed by atoms with van der Waals surface area (Å²) in [6.45, 7) is 5.42. The van der Waals surface area contributed by atoms with Crippen molar-refractivity contribution in [3.63, 3.8) is 0 Å². The highest BCUT2D eigenvalue weighted by Gasteiger charge is 2.16. The van der Waals surface area contributed by atoms with Crippen molar-refractivity contribution in [2.45, 2.75) is 26.0 Å². The Bertz CT molecular complexity index is 403. The molecule has 1 rings (SSSR count). The minimum atomic E-state index is -0.218. The van der Waals surface area contributed by atoms with Gasteiger partial charge in [-0.2, -0.15) is 5.10 Å². The smallest absolute Gasteiger partial charge is 0.191 e. The van der Waals surface area contributed by atoms with Gasteiger partial charge in [-0.25, -0.2) is 0 Å². The minimum Gasteiger partial charge on any atom is -0.377 e. The molecule has 1 aromatic rings. The van der Waals surface area contributed by atoms with E-state index in [1.54, 1.807) is 20.4 Å². The Labute approximate surface area is 132 Å². The number of halogens is 1. The average molecular weight is 381 g/mol. The van der Waals surface area contributed by atoms with Crippen LogP contribution in [0.1, 0.15) is 19.5 Å². The third-order valence-corrected chi connectivity index (χ3v) is 2.82. The zero-order valence-corrected chi connectivity index (χ0v) is 14.6. The van der Waals surface area contributed by atoms with Gasteiger partial charge in [0.25, 0.3) is 0 Å². The first kappa shape index (κ1) is 18.2. The monoisotopic (exact) mass is 381 g/mol. The van der Waals surface area contributed by atoms with Gasteiger partial charge >= 0.3 is 0 Å². The maximum Gasteiger partial charge on any atom is 0.191 e. The third-order valence-electron chi connectivity index (χ3n) is 2.82. The lowest BCUT2D eigenvalue weighted by Crippen LogP contribution is -2.45. The van der Waals surface area contributed by atoms with Crippen molar-refractivity contribution in [2.24, 2.45) is 12.0 Å². The molecule has 0 bridgehead atoms. The molecular weight excluding hydrogens is 357 g/mol.